The third-order valence-electron chi connectivity index (χ3n) is 2.83. The Morgan fingerprint density at radius 1 is 1.36 bits per heavy atom. The van der Waals surface area contributed by atoms with Gasteiger partial charge in [-0.3, -0.25) is 4.90 Å². The van der Waals surface area contributed by atoms with Crippen LogP contribution >= 0.6 is 0 Å². The fourth-order valence-corrected chi connectivity index (χ4v) is 1.95. The maximum atomic E-state index is 5.68. The zero-order chi connectivity index (χ0) is 9.80. The van der Waals surface area contributed by atoms with Crippen LogP contribution in [0, 0.1) is 0 Å². The Morgan fingerprint density at radius 2 is 2.21 bits per heavy atom. The van der Waals surface area contributed by atoms with Gasteiger partial charge in [-0.1, -0.05) is 0 Å². The van der Waals surface area contributed by atoms with Crippen LogP contribution in [0.3, 0.4) is 0 Å². The molecule has 0 aromatic heterocycles. The summed E-state index contributed by atoms with van der Waals surface area (Å²) >= 11 is 0. The minimum atomic E-state index is 0.0544. The molecule has 1 atom stereocenters. The van der Waals surface area contributed by atoms with Crippen molar-refractivity contribution in [3.05, 3.63) is 0 Å². The van der Waals surface area contributed by atoms with E-state index in [1.54, 1.807) is 0 Å². The van der Waals surface area contributed by atoms with E-state index >= 15 is 0 Å². The molecule has 4 heteroatoms. The van der Waals surface area contributed by atoms with E-state index in [0.717, 1.165) is 39.3 Å². The number of nitrogens with zero attached hydrogens (tertiary/aromatic N) is 1. The quantitative estimate of drug-likeness (QED) is 0.703. The van der Waals surface area contributed by atoms with Crippen LogP contribution in [0.2, 0.25) is 0 Å². The third kappa shape index (κ3) is 2.92. The number of likely N-dealkylation sites (tertiary alicyclic amines) is 1. The Morgan fingerprint density at radius 3 is 2.86 bits per heavy atom. The van der Waals surface area contributed by atoms with Crippen molar-refractivity contribution >= 4 is 0 Å². The number of hydrogen-bond donors (Lipinski definition) is 1. The minimum Gasteiger partial charge on any atom is -0.353 e. The van der Waals surface area contributed by atoms with Gasteiger partial charge in [0.1, 0.15) is 0 Å². The van der Waals surface area contributed by atoms with E-state index in [1.807, 2.05) is 0 Å². The predicted octanol–water partition coefficient (Wildman–Crippen LogP) is 0.172. The van der Waals surface area contributed by atoms with Gasteiger partial charge in [0.05, 0.1) is 6.61 Å². The SMILES string of the molecule is NC1CN(CCOC2CCCCO2)C1. The van der Waals surface area contributed by atoms with Crippen molar-refractivity contribution in [3.8, 4) is 0 Å². The predicted molar refractivity (Wildman–Crippen MR) is 54.0 cm³/mol. The lowest BCUT2D eigenvalue weighted by molar-refractivity contribution is -0.165. The van der Waals surface area contributed by atoms with Gasteiger partial charge < -0.3 is 15.2 Å². The Bertz CT molecular complexity index is 166. The van der Waals surface area contributed by atoms with E-state index < -0.39 is 0 Å². The second kappa shape index (κ2) is 5.07. The second-order valence-corrected chi connectivity index (χ2v) is 4.19. The van der Waals surface area contributed by atoms with Gasteiger partial charge in [-0.2, -0.15) is 0 Å². The van der Waals surface area contributed by atoms with Gasteiger partial charge in [-0.15, -0.1) is 0 Å². The molecule has 2 fully saturated rings. The maximum Gasteiger partial charge on any atom is 0.157 e. The first-order valence-corrected chi connectivity index (χ1v) is 5.56. The van der Waals surface area contributed by atoms with E-state index in [4.69, 9.17) is 15.2 Å². The summed E-state index contributed by atoms with van der Waals surface area (Å²) in [7, 11) is 0. The number of ether oxygens (including phenoxy) is 2. The second-order valence-electron chi connectivity index (χ2n) is 4.19. The summed E-state index contributed by atoms with van der Waals surface area (Å²) < 4.78 is 11.1. The first-order valence-electron chi connectivity index (χ1n) is 5.56. The van der Waals surface area contributed by atoms with Crippen molar-refractivity contribution in [1.82, 2.24) is 4.90 Å². The fourth-order valence-electron chi connectivity index (χ4n) is 1.95. The van der Waals surface area contributed by atoms with Crippen LogP contribution in [0.5, 0.6) is 0 Å². The lowest BCUT2D eigenvalue weighted by Crippen LogP contribution is -2.56. The minimum absolute atomic E-state index is 0.0544. The van der Waals surface area contributed by atoms with E-state index in [1.165, 1.54) is 12.8 Å². The van der Waals surface area contributed by atoms with Gasteiger partial charge in [0.15, 0.2) is 6.29 Å². The molecule has 0 aliphatic carbocycles. The lowest BCUT2D eigenvalue weighted by Gasteiger charge is -2.37. The molecule has 2 saturated heterocycles. The van der Waals surface area contributed by atoms with Crippen LogP contribution < -0.4 is 5.73 Å². The summed E-state index contributed by atoms with van der Waals surface area (Å²) in [6.07, 6.45) is 3.53. The molecule has 2 aliphatic rings. The summed E-state index contributed by atoms with van der Waals surface area (Å²) in [6.45, 7) is 4.67. The largest absolute Gasteiger partial charge is 0.353 e. The molecule has 4 nitrogen and oxygen atoms in total. The molecule has 0 aromatic rings. The van der Waals surface area contributed by atoms with Gasteiger partial charge >= 0.3 is 0 Å². The molecular formula is C10H20N2O2. The average molecular weight is 200 g/mol. The van der Waals surface area contributed by atoms with Crippen molar-refractivity contribution in [3.63, 3.8) is 0 Å². The lowest BCUT2D eigenvalue weighted by atomic mass is 10.1. The molecule has 0 spiro atoms. The molecule has 2 heterocycles. The zero-order valence-electron chi connectivity index (χ0n) is 8.65. The molecule has 2 rings (SSSR count). The van der Waals surface area contributed by atoms with Crippen molar-refractivity contribution in [2.45, 2.75) is 31.6 Å². The first-order chi connectivity index (χ1) is 6.84. The molecule has 14 heavy (non-hydrogen) atoms. The Labute approximate surface area is 85.3 Å². The number of rotatable bonds is 4. The summed E-state index contributed by atoms with van der Waals surface area (Å²) in [5.41, 5.74) is 5.68. The topological polar surface area (TPSA) is 47.7 Å². The maximum absolute atomic E-state index is 5.68. The molecule has 82 valence electrons. The highest BCUT2D eigenvalue weighted by atomic mass is 16.7. The third-order valence-corrected chi connectivity index (χ3v) is 2.83. The molecule has 0 amide bonds. The van der Waals surface area contributed by atoms with Crippen LogP contribution in [-0.4, -0.2) is 50.1 Å². The summed E-state index contributed by atoms with van der Waals surface area (Å²) in [4.78, 5) is 2.31. The number of nitrogens with two attached hydrogens (primary N) is 1. The molecule has 0 aromatic carbocycles. The molecule has 0 bridgehead atoms. The molecule has 0 saturated carbocycles. The molecule has 2 N–H and O–H groups in total. The fraction of sp³-hybridized carbons (Fsp3) is 1.00. The Balaban J connectivity index is 1.50. The molecule has 2 aliphatic heterocycles. The van der Waals surface area contributed by atoms with E-state index in [0.29, 0.717) is 6.04 Å². The van der Waals surface area contributed by atoms with E-state index in [9.17, 15) is 0 Å². The standard InChI is InChI=1S/C10H20N2O2/c11-9-7-12(8-9)4-6-14-10-3-1-2-5-13-10/h9-10H,1-8,11H2. The zero-order valence-corrected chi connectivity index (χ0v) is 8.65. The van der Waals surface area contributed by atoms with Gasteiger partial charge in [0.2, 0.25) is 0 Å². The van der Waals surface area contributed by atoms with E-state index in [-0.39, 0.29) is 6.29 Å². The van der Waals surface area contributed by atoms with E-state index in [2.05, 4.69) is 4.90 Å². The number of hydrogen-bond acceptors (Lipinski definition) is 4. The Hall–Kier alpha value is -0.160. The highest BCUT2D eigenvalue weighted by Gasteiger charge is 2.22. The van der Waals surface area contributed by atoms with Gasteiger partial charge in [-0.05, 0) is 19.3 Å². The van der Waals surface area contributed by atoms with Crippen LogP contribution in [-0.2, 0) is 9.47 Å². The van der Waals surface area contributed by atoms with Crippen molar-refractivity contribution < 1.29 is 9.47 Å². The van der Waals surface area contributed by atoms with Crippen LogP contribution in [0.25, 0.3) is 0 Å². The van der Waals surface area contributed by atoms with Crippen LogP contribution in [0.15, 0.2) is 0 Å². The Kier molecular flexibility index (Phi) is 3.75. The van der Waals surface area contributed by atoms with Gasteiger partial charge in [-0.25, -0.2) is 0 Å². The normalized spacial score (nSPS) is 30.2. The monoisotopic (exact) mass is 200 g/mol. The summed E-state index contributed by atoms with van der Waals surface area (Å²) in [5, 5.41) is 0. The molecule has 0 radical (unpaired) electrons. The summed E-state index contributed by atoms with van der Waals surface area (Å²) in [5.74, 6) is 0. The van der Waals surface area contributed by atoms with Crippen molar-refractivity contribution in [2.75, 3.05) is 32.8 Å². The highest BCUT2D eigenvalue weighted by molar-refractivity contribution is 4.81. The molecular weight excluding hydrogens is 180 g/mol. The smallest absolute Gasteiger partial charge is 0.157 e. The van der Waals surface area contributed by atoms with Gasteiger partial charge in [0, 0.05) is 32.3 Å². The average Bonchev–Trinajstić information content (AvgIpc) is 2.17. The van der Waals surface area contributed by atoms with Crippen LogP contribution in [0.4, 0.5) is 0 Å². The van der Waals surface area contributed by atoms with Crippen molar-refractivity contribution in [2.24, 2.45) is 5.73 Å². The molecule has 1 unspecified atom stereocenters. The van der Waals surface area contributed by atoms with Crippen LogP contribution in [0.1, 0.15) is 19.3 Å². The first kappa shape index (κ1) is 10.4. The highest BCUT2D eigenvalue weighted by Crippen LogP contribution is 2.13. The van der Waals surface area contributed by atoms with Crippen molar-refractivity contribution in [1.29, 1.82) is 0 Å². The van der Waals surface area contributed by atoms with Gasteiger partial charge in [0.25, 0.3) is 0 Å². The summed E-state index contributed by atoms with van der Waals surface area (Å²) in [6, 6.07) is 0.390.